The van der Waals surface area contributed by atoms with Crippen LogP contribution < -0.4 is 5.32 Å². The van der Waals surface area contributed by atoms with Gasteiger partial charge in [0.15, 0.2) is 0 Å². The molecule has 0 aliphatic rings. The number of hydrogen-bond donors (Lipinski definition) is 2. The third kappa shape index (κ3) is 3.09. The monoisotopic (exact) mass is 261 g/mol. The number of carbonyl (C=O) groups is 2. The van der Waals surface area contributed by atoms with E-state index < -0.39 is 17.8 Å². The zero-order valence-electron chi connectivity index (χ0n) is 9.50. The molecule has 7 heteroatoms. The van der Waals surface area contributed by atoms with Gasteiger partial charge in [-0.25, -0.2) is 14.8 Å². The molecule has 0 aliphatic heterocycles. The molecule has 0 radical (unpaired) electrons. The highest BCUT2D eigenvalue weighted by Gasteiger charge is 2.10. The minimum Gasteiger partial charge on any atom is -0.477 e. The molecule has 6 nitrogen and oxygen atoms in total. The zero-order valence-corrected chi connectivity index (χ0v) is 9.50. The number of nitrogens with zero attached hydrogens (tertiary/aromatic N) is 2. The second-order valence-corrected chi connectivity index (χ2v) is 3.56. The number of aromatic nitrogens is 2. The van der Waals surface area contributed by atoms with Gasteiger partial charge < -0.3 is 10.4 Å². The van der Waals surface area contributed by atoms with Crippen LogP contribution in [0.15, 0.2) is 36.7 Å². The number of rotatable bonds is 3. The molecular formula is C12H8FN3O3. The number of carboxylic acids is 1. The number of amides is 1. The van der Waals surface area contributed by atoms with E-state index in [-0.39, 0.29) is 16.9 Å². The zero-order chi connectivity index (χ0) is 13.8. The van der Waals surface area contributed by atoms with E-state index in [4.69, 9.17) is 5.11 Å². The number of aromatic carboxylic acids is 1. The second-order valence-electron chi connectivity index (χ2n) is 3.56. The molecule has 1 amide bonds. The van der Waals surface area contributed by atoms with Crippen LogP contribution >= 0.6 is 0 Å². The minimum absolute atomic E-state index is 0.0844. The van der Waals surface area contributed by atoms with Crippen molar-refractivity contribution in [1.29, 1.82) is 0 Å². The van der Waals surface area contributed by atoms with E-state index in [9.17, 15) is 14.0 Å². The van der Waals surface area contributed by atoms with E-state index in [0.717, 1.165) is 6.07 Å². The van der Waals surface area contributed by atoms with Gasteiger partial charge in [0, 0.05) is 29.7 Å². The van der Waals surface area contributed by atoms with Gasteiger partial charge in [0.2, 0.25) is 5.95 Å². The van der Waals surface area contributed by atoms with Gasteiger partial charge in [-0.15, -0.1) is 0 Å². The Labute approximate surface area is 106 Å². The molecule has 2 N–H and O–H groups in total. The number of nitrogens with one attached hydrogen (secondary N) is 1. The summed E-state index contributed by atoms with van der Waals surface area (Å²) >= 11 is 0. The lowest BCUT2D eigenvalue weighted by molar-refractivity contribution is 0.0690. The molecule has 2 aromatic rings. The summed E-state index contributed by atoms with van der Waals surface area (Å²) in [5.74, 6) is -2.54. The van der Waals surface area contributed by atoms with Crippen LogP contribution in [0.5, 0.6) is 0 Å². The van der Waals surface area contributed by atoms with Gasteiger partial charge in [0.05, 0.1) is 0 Å². The molecule has 0 aromatic carbocycles. The van der Waals surface area contributed by atoms with Crippen LogP contribution in [0.25, 0.3) is 0 Å². The number of hydrogen-bond acceptors (Lipinski definition) is 4. The summed E-state index contributed by atoms with van der Waals surface area (Å²) < 4.78 is 12.9. The fraction of sp³-hybridized carbons (Fsp3) is 0. The van der Waals surface area contributed by atoms with E-state index >= 15 is 0 Å². The standard InChI is InChI=1S/C12H8FN3O3/c13-10-5-7(1-3-15-10)11(17)16-8-2-4-14-9(6-8)12(18)19/h1-6H,(H,18,19)(H,14,16,17). The van der Waals surface area contributed by atoms with Gasteiger partial charge in [-0.2, -0.15) is 4.39 Å². The Balaban J connectivity index is 2.19. The fourth-order valence-electron chi connectivity index (χ4n) is 1.37. The molecule has 19 heavy (non-hydrogen) atoms. The van der Waals surface area contributed by atoms with Gasteiger partial charge in [-0.1, -0.05) is 0 Å². The Morgan fingerprint density at radius 2 is 1.89 bits per heavy atom. The van der Waals surface area contributed by atoms with Crippen molar-refractivity contribution in [2.45, 2.75) is 0 Å². The van der Waals surface area contributed by atoms with Crippen molar-refractivity contribution in [1.82, 2.24) is 9.97 Å². The highest BCUT2D eigenvalue weighted by molar-refractivity contribution is 6.04. The van der Waals surface area contributed by atoms with Crippen molar-refractivity contribution in [2.75, 3.05) is 5.32 Å². The number of carbonyl (C=O) groups excluding carboxylic acids is 1. The smallest absolute Gasteiger partial charge is 0.354 e. The van der Waals surface area contributed by atoms with Crippen molar-refractivity contribution in [3.8, 4) is 0 Å². The van der Waals surface area contributed by atoms with Gasteiger partial charge in [-0.3, -0.25) is 4.79 Å². The summed E-state index contributed by atoms with van der Waals surface area (Å²) in [5, 5.41) is 11.2. The molecular weight excluding hydrogens is 253 g/mol. The van der Waals surface area contributed by atoms with Crippen molar-refractivity contribution in [3.63, 3.8) is 0 Å². The van der Waals surface area contributed by atoms with Gasteiger partial charge in [0.1, 0.15) is 5.69 Å². The number of anilines is 1. The summed E-state index contributed by atoms with van der Waals surface area (Å²) in [7, 11) is 0. The highest BCUT2D eigenvalue weighted by atomic mass is 19.1. The van der Waals surface area contributed by atoms with Crippen LogP contribution in [0.1, 0.15) is 20.8 Å². The first kappa shape index (κ1) is 12.6. The van der Waals surface area contributed by atoms with Crippen molar-refractivity contribution in [3.05, 3.63) is 53.9 Å². The molecule has 0 aliphatic carbocycles. The maximum absolute atomic E-state index is 12.9. The number of halogens is 1. The molecule has 0 fully saturated rings. The Morgan fingerprint density at radius 3 is 2.58 bits per heavy atom. The fourth-order valence-corrected chi connectivity index (χ4v) is 1.37. The highest BCUT2D eigenvalue weighted by Crippen LogP contribution is 2.10. The van der Waals surface area contributed by atoms with Crippen molar-refractivity contribution in [2.24, 2.45) is 0 Å². The molecule has 0 saturated carbocycles. The Hall–Kier alpha value is -2.83. The predicted molar refractivity (Wildman–Crippen MR) is 63.3 cm³/mol. The first-order valence-corrected chi connectivity index (χ1v) is 5.18. The largest absolute Gasteiger partial charge is 0.477 e. The molecule has 0 unspecified atom stereocenters. The average molecular weight is 261 g/mol. The normalized spacial score (nSPS) is 9.95. The van der Waals surface area contributed by atoms with E-state index in [1.807, 2.05) is 0 Å². The van der Waals surface area contributed by atoms with E-state index in [1.54, 1.807) is 0 Å². The number of carboxylic acid groups (broad SMARTS) is 1. The average Bonchev–Trinajstić information content (AvgIpc) is 2.39. The van der Waals surface area contributed by atoms with Crippen LogP contribution in [0.4, 0.5) is 10.1 Å². The summed E-state index contributed by atoms with van der Waals surface area (Å²) in [4.78, 5) is 29.4. The van der Waals surface area contributed by atoms with Crippen LogP contribution in [-0.2, 0) is 0 Å². The van der Waals surface area contributed by atoms with Crippen LogP contribution in [0, 0.1) is 5.95 Å². The molecule has 2 aromatic heterocycles. The van der Waals surface area contributed by atoms with Gasteiger partial charge in [0.25, 0.3) is 5.91 Å². The topological polar surface area (TPSA) is 92.2 Å². The Kier molecular flexibility index (Phi) is 3.46. The molecule has 0 saturated heterocycles. The van der Waals surface area contributed by atoms with Crippen molar-refractivity contribution < 1.29 is 19.1 Å². The Morgan fingerprint density at radius 1 is 1.16 bits per heavy atom. The first-order valence-electron chi connectivity index (χ1n) is 5.18. The molecule has 2 rings (SSSR count). The van der Waals surface area contributed by atoms with E-state index in [2.05, 4.69) is 15.3 Å². The van der Waals surface area contributed by atoms with E-state index in [0.29, 0.717) is 0 Å². The maximum atomic E-state index is 12.9. The molecule has 2 heterocycles. The lowest BCUT2D eigenvalue weighted by atomic mass is 10.2. The van der Waals surface area contributed by atoms with Gasteiger partial charge >= 0.3 is 5.97 Å². The van der Waals surface area contributed by atoms with Crippen molar-refractivity contribution >= 4 is 17.6 Å². The molecule has 0 bridgehead atoms. The minimum atomic E-state index is -1.20. The van der Waals surface area contributed by atoms with Crippen LogP contribution in [0.2, 0.25) is 0 Å². The third-order valence-electron chi connectivity index (χ3n) is 2.23. The molecule has 0 atom stereocenters. The van der Waals surface area contributed by atoms with Crippen LogP contribution in [-0.4, -0.2) is 27.0 Å². The summed E-state index contributed by atoms with van der Waals surface area (Å²) in [6.45, 7) is 0. The molecule has 0 spiro atoms. The predicted octanol–water partition coefficient (Wildman–Crippen LogP) is 1.57. The third-order valence-corrected chi connectivity index (χ3v) is 2.23. The lowest BCUT2D eigenvalue weighted by Crippen LogP contribution is -2.13. The Bertz CT molecular complexity index is 646. The van der Waals surface area contributed by atoms with E-state index in [1.165, 1.54) is 30.6 Å². The SMILES string of the molecule is O=C(Nc1ccnc(C(=O)O)c1)c1ccnc(F)c1. The van der Waals surface area contributed by atoms with Gasteiger partial charge in [-0.05, 0) is 18.2 Å². The van der Waals surface area contributed by atoms with Crippen LogP contribution in [0.3, 0.4) is 0 Å². The summed E-state index contributed by atoms with van der Waals surface area (Å²) in [6.07, 6.45) is 2.42. The second kappa shape index (κ2) is 5.21. The lowest BCUT2D eigenvalue weighted by Gasteiger charge is -2.05. The maximum Gasteiger partial charge on any atom is 0.354 e. The summed E-state index contributed by atoms with van der Waals surface area (Å²) in [5.41, 5.74) is 0.148. The first-order chi connectivity index (χ1) is 9.06. The molecule has 96 valence electrons. The quantitative estimate of drug-likeness (QED) is 0.818. The number of pyridine rings is 2. The summed E-state index contributed by atoms with van der Waals surface area (Å²) in [6, 6.07) is 4.96.